The molecule has 0 fully saturated rings. The van der Waals surface area contributed by atoms with Gasteiger partial charge in [-0.25, -0.2) is 5.43 Å². The SMILES string of the molecule is Nc1nnc(CC(=O)NN=Cc2ccco2)s1. The third-order valence-corrected chi connectivity index (χ3v) is 2.47. The number of nitrogen functional groups attached to an aromatic ring is 1. The highest BCUT2D eigenvalue weighted by Crippen LogP contribution is 2.10. The van der Waals surface area contributed by atoms with Crippen LogP contribution in [0, 0.1) is 0 Å². The lowest BCUT2D eigenvalue weighted by Gasteiger charge is -1.94. The molecule has 2 rings (SSSR count). The lowest BCUT2D eigenvalue weighted by molar-refractivity contribution is -0.120. The Morgan fingerprint density at radius 2 is 2.53 bits per heavy atom. The van der Waals surface area contributed by atoms with Crippen LogP contribution in [0.2, 0.25) is 0 Å². The van der Waals surface area contributed by atoms with Crippen molar-refractivity contribution >= 4 is 28.6 Å². The molecule has 0 radical (unpaired) electrons. The molecule has 0 aliphatic rings. The number of amides is 1. The van der Waals surface area contributed by atoms with Crippen LogP contribution in [0.5, 0.6) is 0 Å². The molecular formula is C9H9N5O2S. The third-order valence-electron chi connectivity index (χ3n) is 1.72. The normalized spacial score (nSPS) is 10.8. The maximum absolute atomic E-state index is 11.4. The first-order chi connectivity index (χ1) is 8.24. The second kappa shape index (κ2) is 5.21. The Morgan fingerprint density at radius 1 is 1.65 bits per heavy atom. The van der Waals surface area contributed by atoms with Gasteiger partial charge in [0.2, 0.25) is 11.0 Å². The zero-order valence-electron chi connectivity index (χ0n) is 8.66. The largest absolute Gasteiger partial charge is 0.463 e. The molecule has 8 heteroatoms. The average Bonchev–Trinajstić information content (AvgIpc) is 2.90. The quantitative estimate of drug-likeness (QED) is 0.604. The number of carbonyl (C=O) groups is 1. The van der Waals surface area contributed by atoms with E-state index in [-0.39, 0.29) is 12.3 Å². The van der Waals surface area contributed by atoms with E-state index >= 15 is 0 Å². The van der Waals surface area contributed by atoms with Crippen molar-refractivity contribution in [3.05, 3.63) is 29.2 Å². The number of carbonyl (C=O) groups excluding carboxylic acids is 1. The number of hydrazone groups is 1. The lowest BCUT2D eigenvalue weighted by Crippen LogP contribution is -2.19. The van der Waals surface area contributed by atoms with E-state index in [1.165, 1.54) is 23.8 Å². The molecule has 0 saturated heterocycles. The van der Waals surface area contributed by atoms with Crippen LogP contribution in [0.25, 0.3) is 0 Å². The van der Waals surface area contributed by atoms with E-state index in [1.807, 2.05) is 0 Å². The monoisotopic (exact) mass is 251 g/mol. The first kappa shape index (κ1) is 11.3. The predicted molar refractivity (Wildman–Crippen MR) is 62.5 cm³/mol. The highest BCUT2D eigenvalue weighted by atomic mass is 32.1. The fraction of sp³-hybridized carbons (Fsp3) is 0.111. The van der Waals surface area contributed by atoms with Gasteiger partial charge in [0, 0.05) is 0 Å². The molecule has 2 heterocycles. The molecule has 7 nitrogen and oxygen atoms in total. The number of nitrogens with zero attached hydrogens (tertiary/aromatic N) is 3. The summed E-state index contributed by atoms with van der Waals surface area (Å²) in [5, 5.41) is 11.9. The predicted octanol–water partition coefficient (Wildman–Crippen LogP) is 0.406. The standard InChI is InChI=1S/C9H9N5O2S/c10-9-14-13-8(17-9)4-7(15)12-11-5-6-2-1-3-16-6/h1-3,5H,4H2,(H2,10,14)(H,12,15). The summed E-state index contributed by atoms with van der Waals surface area (Å²) in [5.74, 6) is 0.273. The first-order valence-electron chi connectivity index (χ1n) is 4.67. The topological polar surface area (TPSA) is 106 Å². The first-order valence-corrected chi connectivity index (χ1v) is 5.49. The molecule has 1 amide bonds. The number of nitrogens with two attached hydrogens (primary N) is 1. The minimum atomic E-state index is -0.288. The van der Waals surface area contributed by atoms with E-state index in [1.54, 1.807) is 12.1 Å². The van der Waals surface area contributed by atoms with Crippen molar-refractivity contribution in [3.8, 4) is 0 Å². The van der Waals surface area contributed by atoms with E-state index < -0.39 is 0 Å². The van der Waals surface area contributed by atoms with E-state index in [0.29, 0.717) is 15.9 Å². The van der Waals surface area contributed by atoms with Crippen molar-refractivity contribution in [1.29, 1.82) is 0 Å². The van der Waals surface area contributed by atoms with E-state index in [4.69, 9.17) is 10.2 Å². The second-order valence-electron chi connectivity index (χ2n) is 3.02. The number of rotatable bonds is 4. The van der Waals surface area contributed by atoms with Gasteiger partial charge in [0.15, 0.2) is 0 Å². The van der Waals surface area contributed by atoms with E-state index in [9.17, 15) is 4.79 Å². The molecule has 2 aromatic rings. The highest BCUT2D eigenvalue weighted by molar-refractivity contribution is 7.15. The zero-order valence-corrected chi connectivity index (χ0v) is 9.48. The van der Waals surface area contributed by atoms with Crippen molar-refractivity contribution < 1.29 is 9.21 Å². The fourth-order valence-corrected chi connectivity index (χ4v) is 1.66. The van der Waals surface area contributed by atoms with Gasteiger partial charge in [0.05, 0.1) is 18.9 Å². The number of furan rings is 1. The summed E-state index contributed by atoms with van der Waals surface area (Å²) < 4.78 is 5.00. The molecule has 17 heavy (non-hydrogen) atoms. The van der Waals surface area contributed by atoms with Crippen molar-refractivity contribution in [3.63, 3.8) is 0 Å². The summed E-state index contributed by atoms with van der Waals surface area (Å²) in [6, 6.07) is 3.45. The zero-order chi connectivity index (χ0) is 12.1. The molecule has 0 saturated carbocycles. The van der Waals surface area contributed by atoms with Crippen LogP contribution >= 0.6 is 11.3 Å². The lowest BCUT2D eigenvalue weighted by atomic mass is 10.4. The Kier molecular flexibility index (Phi) is 3.46. The summed E-state index contributed by atoms with van der Waals surface area (Å²) in [7, 11) is 0. The number of aromatic nitrogens is 2. The van der Waals surface area contributed by atoms with Crippen LogP contribution < -0.4 is 11.2 Å². The van der Waals surface area contributed by atoms with Gasteiger partial charge in [0.1, 0.15) is 10.8 Å². The number of nitrogens with one attached hydrogen (secondary N) is 1. The van der Waals surface area contributed by atoms with Gasteiger partial charge in [-0.15, -0.1) is 10.2 Å². The van der Waals surface area contributed by atoms with Crippen molar-refractivity contribution in [1.82, 2.24) is 15.6 Å². The Labute approximate surface area is 100 Å². The van der Waals surface area contributed by atoms with Crippen LogP contribution in [0.1, 0.15) is 10.8 Å². The van der Waals surface area contributed by atoms with Gasteiger partial charge in [-0.1, -0.05) is 11.3 Å². The maximum atomic E-state index is 11.4. The molecule has 3 N–H and O–H groups in total. The maximum Gasteiger partial charge on any atom is 0.247 e. The Balaban J connectivity index is 1.82. The van der Waals surface area contributed by atoms with Gasteiger partial charge >= 0.3 is 0 Å². The van der Waals surface area contributed by atoms with Gasteiger partial charge in [-0.05, 0) is 12.1 Å². The van der Waals surface area contributed by atoms with Gasteiger partial charge in [-0.3, -0.25) is 4.79 Å². The van der Waals surface area contributed by atoms with E-state index in [2.05, 4.69) is 20.7 Å². The molecule has 0 bridgehead atoms. The Hall–Kier alpha value is -2.22. The molecule has 0 aliphatic carbocycles. The minimum Gasteiger partial charge on any atom is -0.463 e. The van der Waals surface area contributed by atoms with Crippen molar-refractivity contribution in [2.45, 2.75) is 6.42 Å². The minimum absolute atomic E-state index is 0.102. The Morgan fingerprint density at radius 3 is 3.18 bits per heavy atom. The van der Waals surface area contributed by atoms with E-state index in [0.717, 1.165) is 0 Å². The van der Waals surface area contributed by atoms with Crippen LogP contribution in [-0.4, -0.2) is 22.3 Å². The van der Waals surface area contributed by atoms with Gasteiger partial charge in [-0.2, -0.15) is 5.10 Å². The highest BCUT2D eigenvalue weighted by Gasteiger charge is 2.06. The van der Waals surface area contributed by atoms with Crippen molar-refractivity contribution in [2.24, 2.45) is 5.10 Å². The number of hydrogen-bond acceptors (Lipinski definition) is 7. The Bertz CT molecular complexity index is 519. The molecule has 88 valence electrons. The number of hydrogen-bond donors (Lipinski definition) is 2. The smallest absolute Gasteiger partial charge is 0.247 e. The summed E-state index contributed by atoms with van der Waals surface area (Å²) in [6.45, 7) is 0. The molecule has 0 aromatic carbocycles. The molecule has 0 unspecified atom stereocenters. The summed E-state index contributed by atoms with van der Waals surface area (Å²) in [5.41, 5.74) is 7.74. The summed E-state index contributed by atoms with van der Waals surface area (Å²) in [4.78, 5) is 11.4. The summed E-state index contributed by atoms with van der Waals surface area (Å²) in [6.07, 6.45) is 3.03. The molecular weight excluding hydrogens is 242 g/mol. The van der Waals surface area contributed by atoms with Crippen LogP contribution in [0.3, 0.4) is 0 Å². The molecule has 0 spiro atoms. The van der Waals surface area contributed by atoms with Crippen LogP contribution in [-0.2, 0) is 11.2 Å². The molecule has 2 aromatic heterocycles. The van der Waals surface area contributed by atoms with Crippen LogP contribution in [0.15, 0.2) is 27.9 Å². The van der Waals surface area contributed by atoms with Gasteiger partial charge in [0.25, 0.3) is 0 Å². The number of anilines is 1. The molecule has 0 aliphatic heterocycles. The van der Waals surface area contributed by atoms with Gasteiger partial charge < -0.3 is 10.2 Å². The fourth-order valence-electron chi connectivity index (χ4n) is 1.05. The summed E-state index contributed by atoms with van der Waals surface area (Å²) >= 11 is 1.17. The molecule has 0 atom stereocenters. The third kappa shape index (κ3) is 3.38. The second-order valence-corrected chi connectivity index (χ2v) is 4.11. The van der Waals surface area contributed by atoms with Crippen LogP contribution in [0.4, 0.5) is 5.13 Å². The van der Waals surface area contributed by atoms with Crippen molar-refractivity contribution in [2.75, 3.05) is 5.73 Å². The average molecular weight is 251 g/mol.